The Hall–Kier alpha value is -1.81. The van der Waals surface area contributed by atoms with E-state index in [0.717, 1.165) is 0 Å². The van der Waals surface area contributed by atoms with Crippen molar-refractivity contribution in [3.63, 3.8) is 0 Å². The van der Waals surface area contributed by atoms with Crippen molar-refractivity contribution in [1.82, 2.24) is 0 Å². The first-order valence-corrected chi connectivity index (χ1v) is 5.69. The molecule has 4 nitrogen and oxygen atoms in total. The Balaban J connectivity index is 2.92. The Kier molecular flexibility index (Phi) is 5.39. The minimum atomic E-state index is -0.522. The Morgan fingerprint density at radius 2 is 2.11 bits per heavy atom. The van der Waals surface area contributed by atoms with Gasteiger partial charge in [-0.1, -0.05) is 17.7 Å². The molecule has 0 aliphatic carbocycles. The van der Waals surface area contributed by atoms with Gasteiger partial charge in [-0.25, -0.2) is 9.59 Å². The predicted molar refractivity (Wildman–Crippen MR) is 68.5 cm³/mol. The average molecular weight is 269 g/mol. The highest BCUT2D eigenvalue weighted by atomic mass is 35.5. The fourth-order valence-corrected chi connectivity index (χ4v) is 1.46. The number of hydrogen-bond acceptors (Lipinski definition) is 4. The van der Waals surface area contributed by atoms with Crippen molar-refractivity contribution in [2.45, 2.75) is 6.92 Å². The minimum Gasteiger partial charge on any atom is -0.465 e. The Labute approximate surface area is 110 Å². The second kappa shape index (κ2) is 6.81. The summed E-state index contributed by atoms with van der Waals surface area (Å²) in [6.07, 6.45) is 2.83. The highest BCUT2D eigenvalue weighted by Gasteiger charge is 2.10. The van der Waals surface area contributed by atoms with Gasteiger partial charge in [-0.05, 0) is 30.7 Å². The third-order valence-corrected chi connectivity index (χ3v) is 2.42. The summed E-state index contributed by atoms with van der Waals surface area (Å²) in [5.41, 5.74) is 0.915. The van der Waals surface area contributed by atoms with E-state index in [4.69, 9.17) is 16.3 Å². The van der Waals surface area contributed by atoms with Crippen LogP contribution in [0.2, 0.25) is 5.02 Å². The summed E-state index contributed by atoms with van der Waals surface area (Å²) in [7, 11) is 1.28. The maximum absolute atomic E-state index is 11.4. The van der Waals surface area contributed by atoms with Crippen molar-refractivity contribution in [2.75, 3.05) is 13.7 Å². The van der Waals surface area contributed by atoms with E-state index in [1.807, 2.05) is 0 Å². The quantitative estimate of drug-likeness (QED) is 0.622. The molecule has 0 unspecified atom stereocenters. The summed E-state index contributed by atoms with van der Waals surface area (Å²) in [4.78, 5) is 22.5. The maximum atomic E-state index is 11.4. The van der Waals surface area contributed by atoms with Crippen LogP contribution in [0.15, 0.2) is 24.3 Å². The summed E-state index contributed by atoms with van der Waals surface area (Å²) >= 11 is 5.87. The third kappa shape index (κ3) is 3.89. The highest BCUT2D eigenvalue weighted by Crippen LogP contribution is 2.19. The maximum Gasteiger partial charge on any atom is 0.339 e. The van der Waals surface area contributed by atoms with Gasteiger partial charge in [0.05, 0.1) is 24.3 Å². The SMILES string of the molecule is CCOC(=O)C=Cc1ccc(Cl)c(C(=O)OC)c1. The third-order valence-electron chi connectivity index (χ3n) is 2.09. The summed E-state index contributed by atoms with van der Waals surface area (Å²) in [5.74, 6) is -0.960. The number of benzene rings is 1. The molecule has 0 amide bonds. The zero-order chi connectivity index (χ0) is 13.5. The van der Waals surface area contributed by atoms with Gasteiger partial charge >= 0.3 is 11.9 Å². The summed E-state index contributed by atoms with van der Waals surface area (Å²) < 4.78 is 9.34. The van der Waals surface area contributed by atoms with Gasteiger partial charge in [-0.3, -0.25) is 0 Å². The van der Waals surface area contributed by atoms with Crippen LogP contribution in [-0.4, -0.2) is 25.7 Å². The largest absolute Gasteiger partial charge is 0.465 e. The van der Waals surface area contributed by atoms with Gasteiger partial charge in [0, 0.05) is 6.08 Å². The van der Waals surface area contributed by atoms with E-state index in [9.17, 15) is 9.59 Å². The fraction of sp³-hybridized carbons (Fsp3) is 0.231. The molecule has 1 rings (SSSR count). The van der Waals surface area contributed by atoms with Crippen LogP contribution in [0.3, 0.4) is 0 Å². The molecule has 0 saturated carbocycles. The Morgan fingerprint density at radius 1 is 1.39 bits per heavy atom. The molecule has 96 valence electrons. The molecule has 0 N–H and O–H groups in total. The van der Waals surface area contributed by atoms with Crippen LogP contribution >= 0.6 is 11.6 Å². The van der Waals surface area contributed by atoms with Gasteiger partial charge in [-0.2, -0.15) is 0 Å². The van der Waals surface area contributed by atoms with Gasteiger partial charge < -0.3 is 9.47 Å². The fourth-order valence-electron chi connectivity index (χ4n) is 1.27. The van der Waals surface area contributed by atoms with E-state index in [1.165, 1.54) is 13.2 Å². The predicted octanol–water partition coefficient (Wildman–Crippen LogP) is 2.70. The molecule has 0 fully saturated rings. The van der Waals surface area contributed by atoms with E-state index < -0.39 is 11.9 Å². The van der Waals surface area contributed by atoms with Crippen molar-refractivity contribution >= 4 is 29.6 Å². The molecule has 5 heteroatoms. The van der Waals surface area contributed by atoms with E-state index in [-0.39, 0.29) is 5.56 Å². The van der Waals surface area contributed by atoms with Crippen LogP contribution < -0.4 is 0 Å². The molecule has 0 aromatic heterocycles. The lowest BCUT2D eigenvalue weighted by atomic mass is 10.1. The van der Waals surface area contributed by atoms with E-state index in [2.05, 4.69) is 4.74 Å². The summed E-state index contributed by atoms with van der Waals surface area (Å²) in [6, 6.07) is 4.80. The van der Waals surface area contributed by atoms with Gasteiger partial charge in [0.15, 0.2) is 0 Å². The Morgan fingerprint density at radius 3 is 2.72 bits per heavy atom. The molecule has 0 saturated heterocycles. The number of esters is 2. The van der Waals surface area contributed by atoms with Crippen LogP contribution in [-0.2, 0) is 14.3 Å². The van der Waals surface area contributed by atoms with Crippen LogP contribution in [0.5, 0.6) is 0 Å². The number of carbonyl (C=O) groups is 2. The van der Waals surface area contributed by atoms with Crippen molar-refractivity contribution in [3.05, 3.63) is 40.4 Å². The lowest BCUT2D eigenvalue weighted by molar-refractivity contribution is -0.137. The topological polar surface area (TPSA) is 52.6 Å². The minimum absolute atomic E-state index is 0.255. The summed E-state index contributed by atoms with van der Waals surface area (Å²) in [6.45, 7) is 2.04. The second-order valence-electron chi connectivity index (χ2n) is 3.32. The number of hydrogen-bond donors (Lipinski definition) is 0. The number of methoxy groups -OCH3 is 1. The zero-order valence-corrected chi connectivity index (χ0v) is 10.9. The molecule has 18 heavy (non-hydrogen) atoms. The average Bonchev–Trinajstić information content (AvgIpc) is 2.37. The van der Waals surface area contributed by atoms with E-state index >= 15 is 0 Å². The summed E-state index contributed by atoms with van der Waals surface area (Å²) in [5, 5.41) is 0.301. The molecule has 1 aromatic rings. The van der Waals surface area contributed by atoms with Crippen LogP contribution in [0, 0.1) is 0 Å². The van der Waals surface area contributed by atoms with Crippen LogP contribution in [0.1, 0.15) is 22.8 Å². The van der Waals surface area contributed by atoms with Crippen molar-refractivity contribution < 1.29 is 19.1 Å². The monoisotopic (exact) mass is 268 g/mol. The van der Waals surface area contributed by atoms with Gasteiger partial charge in [-0.15, -0.1) is 0 Å². The van der Waals surface area contributed by atoms with Crippen LogP contribution in [0.25, 0.3) is 6.08 Å². The number of carbonyl (C=O) groups excluding carboxylic acids is 2. The second-order valence-corrected chi connectivity index (χ2v) is 3.72. The molecule has 0 heterocycles. The van der Waals surface area contributed by atoms with E-state index in [0.29, 0.717) is 17.2 Å². The highest BCUT2D eigenvalue weighted by molar-refractivity contribution is 6.33. The van der Waals surface area contributed by atoms with Gasteiger partial charge in [0.1, 0.15) is 0 Å². The van der Waals surface area contributed by atoms with Crippen molar-refractivity contribution in [2.24, 2.45) is 0 Å². The normalized spacial score (nSPS) is 10.4. The molecule has 0 aliphatic heterocycles. The Bertz CT molecular complexity index is 480. The molecule has 1 aromatic carbocycles. The first kappa shape index (κ1) is 14.3. The first-order valence-electron chi connectivity index (χ1n) is 5.31. The van der Waals surface area contributed by atoms with E-state index in [1.54, 1.807) is 31.2 Å². The number of rotatable bonds is 4. The number of ether oxygens (including phenoxy) is 2. The molecule has 0 radical (unpaired) electrons. The smallest absolute Gasteiger partial charge is 0.339 e. The number of halogens is 1. The standard InChI is InChI=1S/C13H13ClO4/c1-3-18-12(15)7-5-9-4-6-11(14)10(8-9)13(16)17-2/h4-8H,3H2,1-2H3. The zero-order valence-electron chi connectivity index (χ0n) is 10.1. The molecule has 0 aliphatic rings. The van der Waals surface area contributed by atoms with Crippen molar-refractivity contribution in [1.29, 1.82) is 0 Å². The lowest BCUT2D eigenvalue weighted by Crippen LogP contribution is -2.02. The van der Waals surface area contributed by atoms with Crippen molar-refractivity contribution in [3.8, 4) is 0 Å². The molecule has 0 atom stereocenters. The van der Waals surface area contributed by atoms with Gasteiger partial charge in [0.2, 0.25) is 0 Å². The molecule has 0 spiro atoms. The van der Waals surface area contributed by atoms with Gasteiger partial charge in [0.25, 0.3) is 0 Å². The molecular formula is C13H13ClO4. The molecular weight excluding hydrogens is 256 g/mol. The molecule has 0 bridgehead atoms. The lowest BCUT2D eigenvalue weighted by Gasteiger charge is -2.03. The van der Waals surface area contributed by atoms with Crippen LogP contribution in [0.4, 0.5) is 0 Å². The first-order chi connectivity index (χ1) is 8.58.